The summed E-state index contributed by atoms with van der Waals surface area (Å²) in [6.07, 6.45) is 6.32. The maximum absolute atomic E-state index is 12.8. The third kappa shape index (κ3) is 2.75. The van der Waals surface area contributed by atoms with E-state index in [9.17, 15) is 4.79 Å². The van der Waals surface area contributed by atoms with Crippen molar-refractivity contribution in [3.63, 3.8) is 0 Å². The highest BCUT2D eigenvalue weighted by molar-refractivity contribution is 5.92. The van der Waals surface area contributed by atoms with Gasteiger partial charge >= 0.3 is 0 Å². The number of hydrogen-bond donors (Lipinski definition) is 0. The van der Waals surface area contributed by atoms with Gasteiger partial charge in [-0.25, -0.2) is 0 Å². The van der Waals surface area contributed by atoms with Crippen molar-refractivity contribution in [3.8, 4) is 0 Å². The lowest BCUT2D eigenvalue weighted by atomic mass is 10.0. The SMILES string of the molecule is CCCc1noc([C@@H]2CCCCN2C(=O)c2ccnn2C)n1. The highest BCUT2D eigenvalue weighted by atomic mass is 16.5. The minimum absolute atomic E-state index is 0.0278. The summed E-state index contributed by atoms with van der Waals surface area (Å²) in [5, 5.41) is 8.09. The van der Waals surface area contributed by atoms with Gasteiger partial charge in [-0.15, -0.1) is 0 Å². The normalized spacial score (nSPS) is 18.6. The lowest BCUT2D eigenvalue weighted by molar-refractivity contribution is 0.0550. The zero-order chi connectivity index (χ0) is 15.5. The van der Waals surface area contributed by atoms with E-state index in [4.69, 9.17) is 4.52 Å². The van der Waals surface area contributed by atoms with Gasteiger partial charge in [0.25, 0.3) is 5.91 Å². The molecule has 0 radical (unpaired) electrons. The Morgan fingerprint density at radius 1 is 1.45 bits per heavy atom. The van der Waals surface area contributed by atoms with Crippen LogP contribution in [0.2, 0.25) is 0 Å². The first-order chi connectivity index (χ1) is 10.7. The molecule has 1 saturated heterocycles. The molecule has 3 rings (SSSR count). The van der Waals surface area contributed by atoms with Gasteiger partial charge in [0.05, 0.1) is 0 Å². The Bertz CT molecular complexity index is 648. The zero-order valence-electron chi connectivity index (χ0n) is 13.0. The van der Waals surface area contributed by atoms with Crippen LogP contribution in [0.4, 0.5) is 0 Å². The van der Waals surface area contributed by atoms with Crippen LogP contribution < -0.4 is 0 Å². The standard InChI is InChI=1S/C15H21N5O2/c1-3-6-13-17-14(22-18-13)11-7-4-5-10-20(11)15(21)12-8-9-16-19(12)2/h8-9,11H,3-7,10H2,1-2H3/t11-/m0/s1. The van der Waals surface area contributed by atoms with Crippen LogP contribution in [0.1, 0.15) is 60.9 Å². The Hall–Kier alpha value is -2.18. The fourth-order valence-corrected chi connectivity index (χ4v) is 2.89. The number of aryl methyl sites for hydroxylation is 2. The third-order valence-corrected chi connectivity index (χ3v) is 4.05. The van der Waals surface area contributed by atoms with E-state index in [2.05, 4.69) is 22.2 Å². The van der Waals surface area contributed by atoms with Gasteiger partial charge in [-0.2, -0.15) is 10.1 Å². The summed E-state index contributed by atoms with van der Waals surface area (Å²) in [6.45, 7) is 2.79. The number of nitrogens with zero attached hydrogens (tertiary/aromatic N) is 5. The van der Waals surface area contributed by atoms with E-state index >= 15 is 0 Å². The summed E-state index contributed by atoms with van der Waals surface area (Å²) in [6, 6.07) is 1.61. The highest BCUT2D eigenvalue weighted by Gasteiger charge is 2.33. The predicted molar refractivity (Wildman–Crippen MR) is 79.1 cm³/mol. The van der Waals surface area contributed by atoms with E-state index in [0.717, 1.165) is 37.9 Å². The molecular weight excluding hydrogens is 282 g/mol. The van der Waals surface area contributed by atoms with E-state index in [1.54, 1.807) is 24.0 Å². The van der Waals surface area contributed by atoms with Gasteiger partial charge in [-0.1, -0.05) is 12.1 Å². The van der Waals surface area contributed by atoms with Crippen LogP contribution in [-0.4, -0.2) is 37.3 Å². The van der Waals surface area contributed by atoms with Crippen molar-refractivity contribution < 1.29 is 9.32 Å². The molecule has 1 aliphatic heterocycles. The second-order valence-corrected chi connectivity index (χ2v) is 5.65. The van der Waals surface area contributed by atoms with E-state index < -0.39 is 0 Å². The molecule has 0 aromatic carbocycles. The number of hydrogen-bond acceptors (Lipinski definition) is 5. The van der Waals surface area contributed by atoms with Gasteiger partial charge in [0.15, 0.2) is 5.82 Å². The molecule has 7 heteroatoms. The number of carbonyl (C=O) groups is 1. The number of rotatable bonds is 4. The van der Waals surface area contributed by atoms with E-state index in [0.29, 0.717) is 18.1 Å². The van der Waals surface area contributed by atoms with Crippen LogP contribution >= 0.6 is 0 Å². The Morgan fingerprint density at radius 2 is 2.32 bits per heavy atom. The fraction of sp³-hybridized carbons (Fsp3) is 0.600. The number of amides is 1. The first kappa shape index (κ1) is 14.7. The number of carbonyl (C=O) groups excluding carboxylic acids is 1. The van der Waals surface area contributed by atoms with Crippen molar-refractivity contribution in [2.24, 2.45) is 7.05 Å². The van der Waals surface area contributed by atoms with Crippen molar-refractivity contribution in [2.45, 2.75) is 45.1 Å². The second kappa shape index (κ2) is 6.29. The Balaban J connectivity index is 1.84. The molecule has 0 spiro atoms. The van der Waals surface area contributed by atoms with Crippen molar-refractivity contribution in [1.29, 1.82) is 0 Å². The Labute approximate surface area is 129 Å². The maximum Gasteiger partial charge on any atom is 0.272 e. The molecule has 2 aromatic rings. The minimum atomic E-state index is -0.130. The molecular formula is C15H21N5O2. The molecule has 2 aromatic heterocycles. The Morgan fingerprint density at radius 3 is 3.05 bits per heavy atom. The van der Waals surface area contributed by atoms with Crippen LogP contribution in [-0.2, 0) is 13.5 Å². The molecule has 1 fully saturated rings. The molecule has 7 nitrogen and oxygen atoms in total. The monoisotopic (exact) mass is 303 g/mol. The van der Waals surface area contributed by atoms with Crippen molar-refractivity contribution in [1.82, 2.24) is 24.8 Å². The summed E-state index contributed by atoms with van der Waals surface area (Å²) >= 11 is 0. The molecule has 0 bridgehead atoms. The lowest BCUT2D eigenvalue weighted by Gasteiger charge is -2.33. The quantitative estimate of drug-likeness (QED) is 0.864. The maximum atomic E-state index is 12.8. The summed E-state index contributed by atoms with van der Waals surface area (Å²) in [5.74, 6) is 1.25. The molecule has 1 amide bonds. The average molecular weight is 303 g/mol. The van der Waals surface area contributed by atoms with Gasteiger partial charge in [-0.05, 0) is 31.7 Å². The lowest BCUT2D eigenvalue weighted by Crippen LogP contribution is -2.39. The first-order valence-corrected chi connectivity index (χ1v) is 7.82. The topological polar surface area (TPSA) is 77.0 Å². The molecule has 118 valence electrons. The third-order valence-electron chi connectivity index (χ3n) is 4.05. The van der Waals surface area contributed by atoms with E-state index in [-0.39, 0.29) is 11.9 Å². The van der Waals surface area contributed by atoms with Crippen LogP contribution in [0.15, 0.2) is 16.8 Å². The molecule has 22 heavy (non-hydrogen) atoms. The van der Waals surface area contributed by atoms with Gasteiger partial charge < -0.3 is 9.42 Å². The summed E-state index contributed by atoms with van der Waals surface area (Å²) in [4.78, 5) is 19.1. The van der Waals surface area contributed by atoms with Crippen LogP contribution in [0.5, 0.6) is 0 Å². The summed E-state index contributed by atoms with van der Waals surface area (Å²) in [5.41, 5.74) is 0.584. The van der Waals surface area contributed by atoms with Crippen LogP contribution in [0, 0.1) is 0 Å². The van der Waals surface area contributed by atoms with Gasteiger partial charge in [0, 0.05) is 26.2 Å². The fourth-order valence-electron chi connectivity index (χ4n) is 2.89. The number of piperidine rings is 1. The second-order valence-electron chi connectivity index (χ2n) is 5.65. The van der Waals surface area contributed by atoms with Crippen LogP contribution in [0.3, 0.4) is 0 Å². The van der Waals surface area contributed by atoms with Gasteiger partial charge in [0.2, 0.25) is 5.89 Å². The predicted octanol–water partition coefficient (Wildman–Crippen LogP) is 2.12. The summed E-state index contributed by atoms with van der Waals surface area (Å²) < 4.78 is 7.01. The number of likely N-dealkylation sites (tertiary alicyclic amines) is 1. The molecule has 1 aliphatic rings. The van der Waals surface area contributed by atoms with Crippen molar-refractivity contribution in [2.75, 3.05) is 6.54 Å². The van der Waals surface area contributed by atoms with E-state index in [1.807, 2.05) is 4.90 Å². The van der Waals surface area contributed by atoms with Crippen LogP contribution in [0.25, 0.3) is 0 Å². The van der Waals surface area contributed by atoms with Gasteiger partial charge in [-0.3, -0.25) is 9.48 Å². The van der Waals surface area contributed by atoms with Crippen molar-refractivity contribution >= 4 is 5.91 Å². The highest BCUT2D eigenvalue weighted by Crippen LogP contribution is 2.31. The van der Waals surface area contributed by atoms with E-state index in [1.165, 1.54) is 0 Å². The first-order valence-electron chi connectivity index (χ1n) is 7.82. The average Bonchev–Trinajstić information content (AvgIpc) is 3.16. The number of aromatic nitrogens is 4. The smallest absolute Gasteiger partial charge is 0.272 e. The molecule has 0 aliphatic carbocycles. The Kier molecular flexibility index (Phi) is 4.22. The summed E-state index contributed by atoms with van der Waals surface area (Å²) in [7, 11) is 1.78. The van der Waals surface area contributed by atoms with Crippen molar-refractivity contribution in [3.05, 3.63) is 29.7 Å². The molecule has 1 atom stereocenters. The zero-order valence-corrected chi connectivity index (χ0v) is 13.0. The minimum Gasteiger partial charge on any atom is -0.337 e. The molecule has 0 unspecified atom stereocenters. The largest absolute Gasteiger partial charge is 0.337 e. The van der Waals surface area contributed by atoms with Gasteiger partial charge in [0.1, 0.15) is 11.7 Å². The molecule has 3 heterocycles. The molecule has 0 N–H and O–H groups in total. The molecule has 0 saturated carbocycles.